The molecule has 25 heavy (non-hydrogen) atoms. The Morgan fingerprint density at radius 3 is 2.60 bits per heavy atom. The largest absolute Gasteiger partial charge is 0.489 e. The number of aryl methyl sites for hydroxylation is 1. The van der Waals surface area contributed by atoms with Crippen molar-refractivity contribution >= 4 is 34.8 Å². The monoisotopic (exact) mass is 383 g/mol. The van der Waals surface area contributed by atoms with E-state index in [1.165, 1.54) is 0 Å². The van der Waals surface area contributed by atoms with E-state index in [0.29, 0.717) is 40.4 Å². The predicted molar refractivity (Wildman–Crippen MR) is 99.1 cm³/mol. The minimum Gasteiger partial charge on any atom is -0.489 e. The number of hydrogen-bond acceptors (Lipinski definition) is 4. The Bertz CT molecular complexity index is 737. The van der Waals surface area contributed by atoms with Crippen LogP contribution < -0.4 is 14.8 Å². The number of halogens is 2. The van der Waals surface area contributed by atoms with Gasteiger partial charge in [-0.1, -0.05) is 29.3 Å². The molecule has 0 spiro atoms. The fraction of sp³-hybridized carbons (Fsp3) is 0.278. The Labute approximate surface area is 156 Å². The molecule has 0 heterocycles. The Morgan fingerprint density at radius 2 is 1.84 bits per heavy atom. The highest BCUT2D eigenvalue weighted by atomic mass is 35.5. The molecule has 2 aromatic rings. The summed E-state index contributed by atoms with van der Waals surface area (Å²) >= 11 is 11.9. The molecule has 0 fully saturated rings. The van der Waals surface area contributed by atoms with Crippen LogP contribution in [-0.2, 0) is 9.53 Å². The first-order valence-corrected chi connectivity index (χ1v) is 8.35. The van der Waals surface area contributed by atoms with E-state index in [4.69, 9.17) is 37.4 Å². The van der Waals surface area contributed by atoms with Crippen LogP contribution in [0.15, 0.2) is 36.4 Å². The summed E-state index contributed by atoms with van der Waals surface area (Å²) in [6.45, 7) is 2.58. The van der Waals surface area contributed by atoms with E-state index in [1.807, 2.05) is 19.1 Å². The van der Waals surface area contributed by atoms with Crippen LogP contribution in [0.5, 0.6) is 11.5 Å². The van der Waals surface area contributed by atoms with Gasteiger partial charge >= 0.3 is 0 Å². The highest BCUT2D eigenvalue weighted by molar-refractivity contribution is 6.34. The van der Waals surface area contributed by atoms with Gasteiger partial charge in [0.2, 0.25) is 0 Å². The normalized spacial score (nSPS) is 10.4. The molecule has 1 N–H and O–H groups in total. The highest BCUT2D eigenvalue weighted by Crippen LogP contribution is 2.28. The molecule has 0 atom stereocenters. The summed E-state index contributed by atoms with van der Waals surface area (Å²) in [6.07, 6.45) is 0. The molecule has 0 aliphatic rings. The second-order valence-corrected chi connectivity index (χ2v) is 6.10. The zero-order valence-electron chi connectivity index (χ0n) is 14.0. The maximum atomic E-state index is 12.2. The minimum absolute atomic E-state index is 0.203. The van der Waals surface area contributed by atoms with Gasteiger partial charge < -0.3 is 19.5 Å². The van der Waals surface area contributed by atoms with Crippen molar-refractivity contribution in [1.29, 1.82) is 0 Å². The molecule has 134 valence electrons. The van der Waals surface area contributed by atoms with Gasteiger partial charge in [-0.25, -0.2) is 0 Å². The van der Waals surface area contributed by atoms with Gasteiger partial charge in [0.25, 0.3) is 5.91 Å². The van der Waals surface area contributed by atoms with Gasteiger partial charge in [-0.05, 0) is 36.8 Å². The number of rotatable bonds is 8. The van der Waals surface area contributed by atoms with Gasteiger partial charge in [-0.3, -0.25) is 4.79 Å². The molecule has 5 nitrogen and oxygen atoms in total. The van der Waals surface area contributed by atoms with E-state index in [0.717, 1.165) is 5.56 Å². The molecule has 2 aromatic carbocycles. The van der Waals surface area contributed by atoms with Crippen molar-refractivity contribution in [2.75, 3.05) is 32.2 Å². The second kappa shape index (κ2) is 9.51. The van der Waals surface area contributed by atoms with Crippen LogP contribution in [0, 0.1) is 6.92 Å². The topological polar surface area (TPSA) is 56.8 Å². The Morgan fingerprint density at radius 1 is 1.04 bits per heavy atom. The summed E-state index contributed by atoms with van der Waals surface area (Å²) in [7, 11) is 1.60. The highest BCUT2D eigenvalue weighted by Gasteiger charge is 2.11. The number of methoxy groups -OCH3 is 1. The molecule has 2 rings (SSSR count). The third-order valence-electron chi connectivity index (χ3n) is 3.21. The van der Waals surface area contributed by atoms with Crippen molar-refractivity contribution in [3.63, 3.8) is 0 Å². The number of hydrogen-bond donors (Lipinski definition) is 1. The molecule has 0 saturated carbocycles. The summed E-state index contributed by atoms with van der Waals surface area (Å²) in [4.78, 5) is 12.2. The SMILES string of the molecule is COCCOc1cc(C)ccc1NC(=O)COc1cc(Cl)ccc1Cl. The van der Waals surface area contributed by atoms with Crippen LogP contribution in [0.25, 0.3) is 0 Å². The second-order valence-electron chi connectivity index (χ2n) is 5.25. The quantitative estimate of drug-likeness (QED) is 0.688. The van der Waals surface area contributed by atoms with Crippen molar-refractivity contribution in [3.05, 3.63) is 52.0 Å². The lowest BCUT2D eigenvalue weighted by atomic mass is 10.2. The van der Waals surface area contributed by atoms with E-state index in [-0.39, 0.29) is 12.5 Å². The average Bonchev–Trinajstić information content (AvgIpc) is 2.58. The van der Waals surface area contributed by atoms with E-state index in [2.05, 4.69) is 5.32 Å². The first-order chi connectivity index (χ1) is 12.0. The molecule has 0 bridgehead atoms. The van der Waals surface area contributed by atoms with Crippen LogP contribution in [0.2, 0.25) is 10.0 Å². The van der Waals surface area contributed by atoms with Crippen molar-refractivity contribution in [3.8, 4) is 11.5 Å². The fourth-order valence-corrected chi connectivity index (χ4v) is 2.34. The zero-order chi connectivity index (χ0) is 18.2. The first-order valence-electron chi connectivity index (χ1n) is 7.59. The lowest BCUT2D eigenvalue weighted by Crippen LogP contribution is -2.21. The minimum atomic E-state index is -0.337. The number of benzene rings is 2. The van der Waals surface area contributed by atoms with Crippen LogP contribution in [0.1, 0.15) is 5.56 Å². The molecule has 0 aliphatic heterocycles. The van der Waals surface area contributed by atoms with Crippen LogP contribution in [0.3, 0.4) is 0 Å². The van der Waals surface area contributed by atoms with Gasteiger partial charge in [0.05, 0.1) is 17.3 Å². The lowest BCUT2D eigenvalue weighted by molar-refractivity contribution is -0.118. The molecule has 0 saturated heterocycles. The summed E-state index contributed by atoms with van der Waals surface area (Å²) < 4.78 is 16.0. The molecule has 0 aliphatic carbocycles. The van der Waals surface area contributed by atoms with Crippen LogP contribution >= 0.6 is 23.2 Å². The summed E-state index contributed by atoms with van der Waals surface area (Å²) in [6, 6.07) is 10.3. The van der Waals surface area contributed by atoms with E-state index >= 15 is 0 Å². The summed E-state index contributed by atoms with van der Waals surface area (Å²) in [5.74, 6) is 0.590. The van der Waals surface area contributed by atoms with E-state index in [9.17, 15) is 4.79 Å². The first kappa shape index (κ1) is 19.4. The fourth-order valence-electron chi connectivity index (χ4n) is 2.00. The van der Waals surface area contributed by atoms with Gasteiger partial charge in [0.15, 0.2) is 6.61 Å². The molecule has 7 heteroatoms. The molecule has 0 unspecified atom stereocenters. The third kappa shape index (κ3) is 6.12. The standard InChI is InChI=1S/C18H19Cl2NO4/c1-12-3-6-15(17(9-12)24-8-7-23-2)21-18(22)11-25-16-10-13(19)4-5-14(16)20/h3-6,9-10H,7-8,11H2,1-2H3,(H,21,22). The number of carbonyl (C=O) groups is 1. The van der Waals surface area contributed by atoms with Crippen molar-refractivity contribution < 1.29 is 19.0 Å². The molecular weight excluding hydrogens is 365 g/mol. The molecular formula is C18H19Cl2NO4. The van der Waals surface area contributed by atoms with Gasteiger partial charge in [-0.15, -0.1) is 0 Å². The Hall–Kier alpha value is -1.95. The molecule has 0 radical (unpaired) electrons. The summed E-state index contributed by atoms with van der Waals surface area (Å²) in [5.41, 5.74) is 1.58. The lowest BCUT2D eigenvalue weighted by Gasteiger charge is -2.14. The van der Waals surface area contributed by atoms with Gasteiger partial charge in [0, 0.05) is 18.2 Å². The number of anilines is 1. The van der Waals surface area contributed by atoms with E-state index in [1.54, 1.807) is 31.4 Å². The van der Waals surface area contributed by atoms with Crippen LogP contribution in [-0.4, -0.2) is 32.8 Å². The van der Waals surface area contributed by atoms with Crippen LogP contribution in [0.4, 0.5) is 5.69 Å². The zero-order valence-corrected chi connectivity index (χ0v) is 15.5. The van der Waals surface area contributed by atoms with Gasteiger partial charge in [-0.2, -0.15) is 0 Å². The Balaban J connectivity index is 1.98. The number of carbonyl (C=O) groups excluding carboxylic acids is 1. The van der Waals surface area contributed by atoms with Crippen molar-refractivity contribution in [2.24, 2.45) is 0 Å². The third-order valence-corrected chi connectivity index (χ3v) is 3.76. The number of ether oxygens (including phenoxy) is 3. The van der Waals surface area contributed by atoms with Gasteiger partial charge in [0.1, 0.15) is 18.1 Å². The van der Waals surface area contributed by atoms with E-state index < -0.39 is 0 Å². The average molecular weight is 384 g/mol. The van der Waals surface area contributed by atoms with Crippen molar-refractivity contribution in [2.45, 2.75) is 6.92 Å². The van der Waals surface area contributed by atoms with Crippen molar-refractivity contribution in [1.82, 2.24) is 0 Å². The molecule has 1 amide bonds. The number of amides is 1. The molecule has 0 aromatic heterocycles. The smallest absolute Gasteiger partial charge is 0.262 e. The summed E-state index contributed by atoms with van der Waals surface area (Å²) in [5, 5.41) is 3.63. The Kier molecular flexibility index (Phi) is 7.37. The maximum Gasteiger partial charge on any atom is 0.262 e. The maximum absolute atomic E-state index is 12.2. The predicted octanol–water partition coefficient (Wildman–Crippen LogP) is 4.34. The number of nitrogens with one attached hydrogen (secondary N) is 1.